The van der Waals surface area contributed by atoms with Crippen molar-refractivity contribution in [3.05, 3.63) is 63.8 Å². The number of carboxylic acids is 1. The Morgan fingerprint density at radius 1 is 1.22 bits per heavy atom. The third-order valence-corrected chi connectivity index (χ3v) is 2.60. The highest BCUT2D eigenvalue weighted by Gasteiger charge is 2.15. The second-order valence-electron chi connectivity index (χ2n) is 3.79. The number of halogens is 1. The number of aryl methyl sites for hydroxylation is 1. The lowest BCUT2D eigenvalue weighted by molar-refractivity contribution is 0.0694. The van der Waals surface area contributed by atoms with E-state index in [2.05, 4.69) is 0 Å². The van der Waals surface area contributed by atoms with Crippen LogP contribution < -0.4 is 5.56 Å². The maximum atomic E-state index is 13.7. The zero-order valence-electron chi connectivity index (χ0n) is 9.55. The number of aromatic carboxylic acids is 1. The van der Waals surface area contributed by atoms with Gasteiger partial charge in [0.2, 0.25) is 0 Å². The van der Waals surface area contributed by atoms with Gasteiger partial charge >= 0.3 is 5.97 Å². The molecule has 1 aromatic carbocycles. The van der Waals surface area contributed by atoms with Crippen molar-refractivity contribution in [2.75, 3.05) is 0 Å². The average molecular weight is 247 g/mol. The van der Waals surface area contributed by atoms with Crippen molar-refractivity contribution in [3.63, 3.8) is 0 Å². The fourth-order valence-corrected chi connectivity index (χ4v) is 1.73. The number of nitrogens with zero attached hydrogens (tertiary/aromatic N) is 1. The van der Waals surface area contributed by atoms with E-state index in [1.54, 1.807) is 13.0 Å². The smallest absolute Gasteiger partial charge is 0.341 e. The topological polar surface area (TPSA) is 59.3 Å². The van der Waals surface area contributed by atoms with E-state index in [1.807, 2.05) is 0 Å². The molecule has 0 radical (unpaired) electrons. The van der Waals surface area contributed by atoms with Gasteiger partial charge in [0.05, 0.1) is 5.69 Å². The molecule has 0 saturated carbocycles. The number of benzene rings is 1. The van der Waals surface area contributed by atoms with Gasteiger partial charge in [-0.2, -0.15) is 0 Å². The number of carboxylic acid groups (broad SMARTS) is 1. The second kappa shape index (κ2) is 4.44. The highest BCUT2D eigenvalue weighted by molar-refractivity contribution is 5.87. The van der Waals surface area contributed by atoms with Crippen molar-refractivity contribution < 1.29 is 14.3 Å². The van der Waals surface area contributed by atoms with E-state index in [1.165, 1.54) is 30.3 Å². The Kier molecular flexibility index (Phi) is 2.97. The molecule has 2 aromatic rings. The number of pyridine rings is 1. The summed E-state index contributed by atoms with van der Waals surface area (Å²) in [4.78, 5) is 22.9. The zero-order valence-corrected chi connectivity index (χ0v) is 9.55. The molecule has 92 valence electrons. The number of hydrogen-bond donors (Lipinski definition) is 1. The molecule has 5 heteroatoms. The molecule has 0 atom stereocenters. The second-order valence-corrected chi connectivity index (χ2v) is 3.79. The van der Waals surface area contributed by atoms with Gasteiger partial charge in [0.15, 0.2) is 0 Å². The van der Waals surface area contributed by atoms with Gasteiger partial charge in [-0.15, -0.1) is 0 Å². The van der Waals surface area contributed by atoms with Crippen LogP contribution >= 0.6 is 0 Å². The summed E-state index contributed by atoms with van der Waals surface area (Å²) in [5.41, 5.74) is -0.616. The number of carbonyl (C=O) groups is 1. The molecule has 0 unspecified atom stereocenters. The Morgan fingerprint density at radius 3 is 2.50 bits per heavy atom. The summed E-state index contributed by atoms with van der Waals surface area (Å²) < 4.78 is 14.7. The monoisotopic (exact) mass is 247 g/mol. The van der Waals surface area contributed by atoms with Crippen LogP contribution in [0.1, 0.15) is 16.1 Å². The van der Waals surface area contributed by atoms with Gasteiger partial charge in [-0.05, 0) is 31.2 Å². The van der Waals surface area contributed by atoms with Gasteiger partial charge in [-0.25, -0.2) is 9.18 Å². The van der Waals surface area contributed by atoms with Gasteiger partial charge in [-0.1, -0.05) is 12.1 Å². The van der Waals surface area contributed by atoms with Crippen molar-refractivity contribution in [1.29, 1.82) is 0 Å². The number of para-hydroxylation sites is 1. The van der Waals surface area contributed by atoms with E-state index in [9.17, 15) is 14.0 Å². The molecule has 4 nitrogen and oxygen atoms in total. The van der Waals surface area contributed by atoms with E-state index in [-0.39, 0.29) is 11.3 Å². The van der Waals surface area contributed by atoms with Crippen molar-refractivity contribution in [1.82, 2.24) is 4.57 Å². The van der Waals surface area contributed by atoms with Crippen LogP contribution in [0.25, 0.3) is 5.69 Å². The molecule has 18 heavy (non-hydrogen) atoms. The summed E-state index contributed by atoms with van der Waals surface area (Å²) in [6.45, 7) is 1.61. The summed E-state index contributed by atoms with van der Waals surface area (Å²) in [5.74, 6) is -1.91. The van der Waals surface area contributed by atoms with Gasteiger partial charge in [0, 0.05) is 5.69 Å². The first-order valence-electron chi connectivity index (χ1n) is 5.23. The molecule has 0 aliphatic carbocycles. The van der Waals surface area contributed by atoms with Crippen LogP contribution in [-0.2, 0) is 0 Å². The molecule has 0 fully saturated rings. The summed E-state index contributed by atoms with van der Waals surface area (Å²) in [6.07, 6.45) is 0. The first kappa shape index (κ1) is 12.0. The molecule has 0 bridgehead atoms. The molecule has 1 aromatic heterocycles. The molecule has 0 spiro atoms. The van der Waals surface area contributed by atoms with E-state index in [0.29, 0.717) is 5.69 Å². The lowest BCUT2D eigenvalue weighted by atomic mass is 10.2. The van der Waals surface area contributed by atoms with Gasteiger partial charge in [-0.3, -0.25) is 9.36 Å². The summed E-state index contributed by atoms with van der Waals surface area (Å²) in [6, 6.07) is 8.41. The molecule has 1 N–H and O–H groups in total. The Labute approximate surface area is 102 Å². The van der Waals surface area contributed by atoms with Crippen molar-refractivity contribution in [2.24, 2.45) is 0 Å². The van der Waals surface area contributed by atoms with Crippen LogP contribution in [0.3, 0.4) is 0 Å². The van der Waals surface area contributed by atoms with E-state index >= 15 is 0 Å². The fourth-order valence-electron chi connectivity index (χ4n) is 1.73. The fraction of sp³-hybridized carbons (Fsp3) is 0.0769. The summed E-state index contributed by atoms with van der Waals surface area (Å²) >= 11 is 0. The lowest BCUT2D eigenvalue weighted by Gasteiger charge is -2.11. The van der Waals surface area contributed by atoms with Crippen LogP contribution in [0.2, 0.25) is 0 Å². The first-order chi connectivity index (χ1) is 8.52. The molecule has 1 heterocycles. The van der Waals surface area contributed by atoms with E-state index < -0.39 is 17.3 Å². The standard InChI is InChI=1S/C13H10FNO3/c1-8-6-7-9(13(17)18)12(16)15(8)11-5-3-2-4-10(11)14/h2-7H,1H3,(H,17,18). The summed E-state index contributed by atoms with van der Waals surface area (Å²) in [7, 11) is 0. The highest BCUT2D eigenvalue weighted by Crippen LogP contribution is 2.13. The largest absolute Gasteiger partial charge is 0.477 e. The minimum Gasteiger partial charge on any atom is -0.477 e. The van der Waals surface area contributed by atoms with Crippen LogP contribution in [0.4, 0.5) is 4.39 Å². The first-order valence-corrected chi connectivity index (χ1v) is 5.23. The van der Waals surface area contributed by atoms with Gasteiger partial charge in [0.1, 0.15) is 11.4 Å². The quantitative estimate of drug-likeness (QED) is 0.882. The number of rotatable bonds is 2. The maximum absolute atomic E-state index is 13.7. The van der Waals surface area contributed by atoms with Crippen LogP contribution in [-0.4, -0.2) is 15.6 Å². The van der Waals surface area contributed by atoms with E-state index in [4.69, 9.17) is 5.11 Å². The normalized spacial score (nSPS) is 10.3. The predicted octanol–water partition coefficient (Wildman–Crippen LogP) is 1.98. The van der Waals surface area contributed by atoms with E-state index in [0.717, 1.165) is 4.57 Å². The Hall–Kier alpha value is -2.43. The number of aromatic nitrogens is 1. The van der Waals surface area contributed by atoms with Crippen LogP contribution in [0.5, 0.6) is 0 Å². The van der Waals surface area contributed by atoms with Gasteiger partial charge < -0.3 is 5.11 Å². The Balaban J connectivity index is 2.80. The summed E-state index contributed by atoms with van der Waals surface area (Å²) in [5, 5.41) is 8.89. The molecule has 2 rings (SSSR count). The third-order valence-electron chi connectivity index (χ3n) is 2.60. The average Bonchev–Trinajstić information content (AvgIpc) is 2.31. The maximum Gasteiger partial charge on any atom is 0.341 e. The van der Waals surface area contributed by atoms with Crippen LogP contribution in [0.15, 0.2) is 41.2 Å². The molecular weight excluding hydrogens is 237 g/mol. The Morgan fingerprint density at radius 2 is 1.89 bits per heavy atom. The van der Waals surface area contributed by atoms with Crippen LogP contribution in [0, 0.1) is 12.7 Å². The van der Waals surface area contributed by atoms with Crippen molar-refractivity contribution in [2.45, 2.75) is 6.92 Å². The predicted molar refractivity (Wildman–Crippen MR) is 63.7 cm³/mol. The van der Waals surface area contributed by atoms with Crippen molar-refractivity contribution in [3.8, 4) is 5.69 Å². The number of hydrogen-bond acceptors (Lipinski definition) is 2. The minimum absolute atomic E-state index is 0.0445. The third kappa shape index (κ3) is 1.90. The molecule has 0 saturated heterocycles. The molecule has 0 aliphatic rings. The SMILES string of the molecule is Cc1ccc(C(=O)O)c(=O)n1-c1ccccc1F. The minimum atomic E-state index is -1.33. The molecular formula is C13H10FNO3. The highest BCUT2D eigenvalue weighted by atomic mass is 19.1. The van der Waals surface area contributed by atoms with Crippen molar-refractivity contribution >= 4 is 5.97 Å². The Bertz CT molecular complexity index is 676. The zero-order chi connectivity index (χ0) is 13.3. The lowest BCUT2D eigenvalue weighted by Crippen LogP contribution is -2.27. The van der Waals surface area contributed by atoms with Gasteiger partial charge in [0.25, 0.3) is 5.56 Å². The molecule has 0 aliphatic heterocycles. The molecule has 0 amide bonds.